The van der Waals surface area contributed by atoms with Gasteiger partial charge >= 0.3 is 0 Å². The number of phenols is 1. The average molecular weight is 420 g/mol. The third-order valence-corrected chi connectivity index (χ3v) is 5.72. The number of hydrogen-bond donors (Lipinski definition) is 2. The lowest BCUT2D eigenvalue weighted by Gasteiger charge is -2.41. The quantitative estimate of drug-likeness (QED) is 0.738. The fourth-order valence-electron chi connectivity index (χ4n) is 4.31. The summed E-state index contributed by atoms with van der Waals surface area (Å²) in [6.45, 7) is 12.0. The van der Waals surface area contributed by atoms with Crippen molar-refractivity contribution in [2.24, 2.45) is 5.92 Å². The Labute approximate surface area is 176 Å². The number of aromatic hydroxyl groups is 1. The first-order valence-corrected chi connectivity index (χ1v) is 9.85. The van der Waals surface area contributed by atoms with E-state index in [2.05, 4.69) is 41.1 Å². The number of benzene rings is 1. The molecule has 0 bridgehead atoms. The van der Waals surface area contributed by atoms with Crippen LogP contribution in [0, 0.1) is 5.92 Å². The lowest BCUT2D eigenvalue weighted by molar-refractivity contribution is 0.0206. The normalized spacial score (nSPS) is 19.6. The summed E-state index contributed by atoms with van der Waals surface area (Å²) in [6.07, 6.45) is 2.15. The van der Waals surface area contributed by atoms with Gasteiger partial charge in [0.05, 0.1) is 0 Å². The van der Waals surface area contributed by atoms with Gasteiger partial charge in [0.15, 0.2) is 0 Å². The molecule has 5 nitrogen and oxygen atoms in total. The fourth-order valence-corrected chi connectivity index (χ4v) is 4.31. The molecule has 0 amide bonds. The standard InChI is InChI=1S/C20H33N3O2.2ClH/c1-3-22(4-2)17-5-6-18(19(24)15-17)20(16-7-13-25-14-8-16)23-11-9-21-10-12-23;;/h5-6,15-16,20-21,24H,3-4,7-14H2,1-2H3;2*1H/t20-;;/m0../s1. The van der Waals surface area contributed by atoms with Crippen LogP contribution in [0.2, 0.25) is 0 Å². The number of anilines is 1. The van der Waals surface area contributed by atoms with Gasteiger partial charge < -0.3 is 20.1 Å². The van der Waals surface area contributed by atoms with E-state index in [-0.39, 0.29) is 30.9 Å². The average Bonchev–Trinajstić information content (AvgIpc) is 2.66. The second kappa shape index (κ2) is 12.0. The highest BCUT2D eigenvalue weighted by molar-refractivity contribution is 5.85. The summed E-state index contributed by atoms with van der Waals surface area (Å²) in [5, 5.41) is 14.3. The number of hydrogen-bond acceptors (Lipinski definition) is 5. The number of nitrogens with zero attached hydrogens (tertiary/aromatic N) is 2. The van der Waals surface area contributed by atoms with E-state index >= 15 is 0 Å². The van der Waals surface area contributed by atoms with Crippen molar-refractivity contribution in [2.75, 3.05) is 57.4 Å². The minimum Gasteiger partial charge on any atom is -0.508 e. The van der Waals surface area contributed by atoms with Crippen molar-refractivity contribution in [3.63, 3.8) is 0 Å². The molecule has 2 aliphatic rings. The van der Waals surface area contributed by atoms with Gasteiger partial charge in [-0.3, -0.25) is 4.90 Å². The fraction of sp³-hybridized carbons (Fsp3) is 0.700. The zero-order chi connectivity index (χ0) is 17.6. The molecule has 0 radical (unpaired) electrons. The van der Waals surface area contributed by atoms with Crippen molar-refractivity contribution in [1.29, 1.82) is 0 Å². The van der Waals surface area contributed by atoms with E-state index in [1.54, 1.807) is 0 Å². The van der Waals surface area contributed by atoms with Crippen molar-refractivity contribution < 1.29 is 9.84 Å². The molecule has 2 fully saturated rings. The second-order valence-corrected chi connectivity index (χ2v) is 7.10. The van der Waals surface area contributed by atoms with E-state index in [0.29, 0.717) is 11.7 Å². The van der Waals surface area contributed by atoms with Gasteiger partial charge in [0, 0.05) is 75.8 Å². The van der Waals surface area contributed by atoms with Crippen molar-refractivity contribution in [2.45, 2.75) is 32.7 Å². The Bertz CT molecular complexity index is 528. The van der Waals surface area contributed by atoms with Crippen molar-refractivity contribution in [3.05, 3.63) is 23.8 Å². The first-order chi connectivity index (χ1) is 12.2. The van der Waals surface area contributed by atoms with Gasteiger partial charge in [0.1, 0.15) is 5.75 Å². The van der Waals surface area contributed by atoms with Crippen molar-refractivity contribution >= 4 is 30.5 Å². The number of halogens is 2. The molecule has 2 heterocycles. The van der Waals surface area contributed by atoms with Crippen LogP contribution >= 0.6 is 24.8 Å². The first-order valence-electron chi connectivity index (χ1n) is 9.85. The summed E-state index contributed by atoms with van der Waals surface area (Å²) in [5.41, 5.74) is 2.20. The van der Waals surface area contributed by atoms with E-state index in [1.807, 2.05) is 6.07 Å². The molecule has 0 saturated carbocycles. The molecule has 2 N–H and O–H groups in total. The number of nitrogens with one attached hydrogen (secondary N) is 1. The van der Waals surface area contributed by atoms with Gasteiger partial charge in [-0.15, -0.1) is 24.8 Å². The second-order valence-electron chi connectivity index (χ2n) is 7.10. The molecule has 2 aliphatic heterocycles. The van der Waals surface area contributed by atoms with Crippen LogP contribution in [0.1, 0.15) is 38.3 Å². The Morgan fingerprint density at radius 3 is 2.33 bits per heavy atom. The van der Waals surface area contributed by atoms with Gasteiger partial charge in [-0.05, 0) is 38.7 Å². The molecule has 1 atom stereocenters. The third kappa shape index (κ3) is 5.88. The molecule has 0 unspecified atom stereocenters. The molecule has 0 aromatic heterocycles. The highest BCUT2D eigenvalue weighted by Gasteiger charge is 2.33. The summed E-state index contributed by atoms with van der Waals surface area (Å²) in [6, 6.07) is 6.58. The van der Waals surface area contributed by atoms with Crippen LogP contribution in [-0.2, 0) is 4.74 Å². The van der Waals surface area contributed by atoms with Gasteiger partial charge in [0.2, 0.25) is 0 Å². The van der Waals surface area contributed by atoms with E-state index in [1.165, 1.54) is 0 Å². The summed E-state index contributed by atoms with van der Waals surface area (Å²) >= 11 is 0. The third-order valence-electron chi connectivity index (χ3n) is 5.72. The maximum absolute atomic E-state index is 10.9. The lowest BCUT2D eigenvalue weighted by atomic mass is 9.85. The smallest absolute Gasteiger partial charge is 0.122 e. The van der Waals surface area contributed by atoms with Crippen LogP contribution < -0.4 is 10.2 Å². The molecule has 3 rings (SSSR count). The first kappa shape index (κ1) is 24.3. The Kier molecular flexibility index (Phi) is 10.8. The Balaban J connectivity index is 0.00000182. The van der Waals surface area contributed by atoms with Crippen LogP contribution in [0.5, 0.6) is 5.75 Å². The van der Waals surface area contributed by atoms with Crippen LogP contribution in [0.25, 0.3) is 0 Å². The van der Waals surface area contributed by atoms with Crippen LogP contribution in [0.3, 0.4) is 0 Å². The lowest BCUT2D eigenvalue weighted by Crippen LogP contribution is -2.47. The number of piperazine rings is 1. The zero-order valence-corrected chi connectivity index (χ0v) is 18.2. The topological polar surface area (TPSA) is 48.0 Å². The van der Waals surface area contributed by atoms with E-state index in [4.69, 9.17) is 4.74 Å². The zero-order valence-electron chi connectivity index (χ0n) is 16.5. The van der Waals surface area contributed by atoms with E-state index in [0.717, 1.165) is 76.6 Å². The minimum absolute atomic E-state index is 0. The number of phenolic OH excluding ortho intramolecular Hbond substituents is 1. The van der Waals surface area contributed by atoms with Crippen molar-refractivity contribution in [1.82, 2.24) is 10.2 Å². The largest absolute Gasteiger partial charge is 0.508 e. The molecule has 27 heavy (non-hydrogen) atoms. The summed E-state index contributed by atoms with van der Waals surface area (Å²) in [7, 11) is 0. The van der Waals surface area contributed by atoms with Gasteiger partial charge in [-0.1, -0.05) is 6.07 Å². The molecule has 2 saturated heterocycles. The maximum Gasteiger partial charge on any atom is 0.122 e. The van der Waals surface area contributed by atoms with Crippen LogP contribution in [0.4, 0.5) is 5.69 Å². The van der Waals surface area contributed by atoms with Gasteiger partial charge in [-0.25, -0.2) is 0 Å². The van der Waals surface area contributed by atoms with Gasteiger partial charge in [-0.2, -0.15) is 0 Å². The maximum atomic E-state index is 10.9. The molecule has 0 aliphatic carbocycles. The highest BCUT2D eigenvalue weighted by Crippen LogP contribution is 2.40. The molecular formula is C20H35Cl2N3O2. The summed E-state index contributed by atoms with van der Waals surface area (Å²) < 4.78 is 5.58. The Hall–Kier alpha value is -0.720. The molecule has 0 spiro atoms. The minimum atomic E-state index is 0. The Morgan fingerprint density at radius 1 is 1.15 bits per heavy atom. The number of ether oxygens (including phenoxy) is 1. The molecule has 156 valence electrons. The monoisotopic (exact) mass is 419 g/mol. The summed E-state index contributed by atoms with van der Waals surface area (Å²) in [5.74, 6) is 0.997. The molecule has 1 aromatic rings. The Morgan fingerprint density at radius 2 is 1.78 bits per heavy atom. The predicted molar refractivity (Wildman–Crippen MR) is 117 cm³/mol. The number of rotatable bonds is 6. The van der Waals surface area contributed by atoms with Crippen LogP contribution in [0.15, 0.2) is 18.2 Å². The van der Waals surface area contributed by atoms with Gasteiger partial charge in [0.25, 0.3) is 0 Å². The predicted octanol–water partition coefficient (Wildman–Crippen LogP) is 3.45. The molecule has 1 aromatic carbocycles. The summed E-state index contributed by atoms with van der Waals surface area (Å²) in [4.78, 5) is 4.83. The highest BCUT2D eigenvalue weighted by atomic mass is 35.5. The molecular weight excluding hydrogens is 385 g/mol. The SMILES string of the molecule is CCN(CC)c1ccc([C@H](C2CCOCC2)N2CCNCC2)c(O)c1.Cl.Cl. The van der Waals surface area contributed by atoms with E-state index < -0.39 is 0 Å². The van der Waals surface area contributed by atoms with E-state index in [9.17, 15) is 5.11 Å². The molecule has 7 heteroatoms. The van der Waals surface area contributed by atoms with Crippen LogP contribution in [-0.4, -0.2) is 62.5 Å². The van der Waals surface area contributed by atoms with Crippen molar-refractivity contribution in [3.8, 4) is 5.75 Å².